The van der Waals surface area contributed by atoms with E-state index in [1.165, 1.54) is 26.5 Å². The Morgan fingerprint density at radius 1 is 0.869 bits per heavy atom. The number of amides is 7. The number of unbranched alkanes of at least 4 members (excludes halogenated alkanes) is 1. The molecule has 24 heteroatoms. The summed E-state index contributed by atoms with van der Waals surface area (Å²) in [5, 5.41) is 30.5. The van der Waals surface area contributed by atoms with Gasteiger partial charge in [-0.3, -0.25) is 48.1 Å². The number of aliphatic carboxylic acids is 2. The third kappa shape index (κ3) is 16.9. The summed E-state index contributed by atoms with van der Waals surface area (Å²) >= 11 is 0. The maximum atomic E-state index is 14.3. The van der Waals surface area contributed by atoms with E-state index in [1.54, 1.807) is 12.3 Å². The van der Waals surface area contributed by atoms with Crippen molar-refractivity contribution >= 4 is 91.7 Å². The number of nitrogens with two attached hydrogens (primary N) is 3. The van der Waals surface area contributed by atoms with Crippen LogP contribution in [0.25, 0.3) is 10.9 Å². The van der Waals surface area contributed by atoms with Gasteiger partial charge in [0, 0.05) is 61.5 Å². The highest BCUT2D eigenvalue weighted by Gasteiger charge is 2.40. The molecule has 4 rings (SSSR count). The molecule has 0 unspecified atom stereocenters. The quantitative estimate of drug-likeness (QED) is 0.0534. The second-order valence-corrected chi connectivity index (χ2v) is 16.6. The van der Waals surface area contributed by atoms with Crippen LogP contribution in [-0.2, 0) is 49.6 Å². The van der Waals surface area contributed by atoms with Crippen molar-refractivity contribution in [2.24, 2.45) is 22.2 Å². The molecule has 1 aromatic carbocycles. The molecule has 0 radical (unpaired) electrons. The van der Waals surface area contributed by atoms with Crippen LogP contribution in [0.3, 0.4) is 0 Å². The van der Waals surface area contributed by atoms with E-state index < -0.39 is 96.5 Å². The van der Waals surface area contributed by atoms with Crippen molar-refractivity contribution in [1.82, 2.24) is 36.5 Å². The number of aliphatic imine (C=N–C) groups is 1. The molecule has 0 bridgehead atoms. The van der Waals surface area contributed by atoms with E-state index in [1.807, 2.05) is 18.2 Å². The molecule has 5 atom stereocenters. The summed E-state index contributed by atoms with van der Waals surface area (Å²) in [7, 11) is 2.45. The number of guanidine groups is 1. The van der Waals surface area contributed by atoms with Crippen LogP contribution in [-0.4, -0.2) is 141 Å². The zero-order valence-electron chi connectivity index (χ0n) is 33.5. The van der Waals surface area contributed by atoms with E-state index >= 15 is 0 Å². The first-order valence-corrected chi connectivity index (χ1v) is 21.8. The Kier molecular flexibility index (Phi) is 20.1. The first-order chi connectivity index (χ1) is 29.0. The monoisotopic (exact) mass is 891 g/mol. The fourth-order valence-corrected chi connectivity index (χ4v) is 8.56. The molecule has 2 aliphatic rings. The molecule has 0 spiro atoms. The van der Waals surface area contributed by atoms with Crippen LogP contribution in [0.5, 0.6) is 0 Å². The number of rotatable bonds is 10. The number of carbonyl (C=O) groups is 9. The Labute approximate surface area is 358 Å². The minimum Gasteiger partial charge on any atom is -0.481 e. The molecule has 0 saturated carbocycles. The maximum absolute atomic E-state index is 14.3. The molecular weight excluding hydrogens is 839 g/mol. The first-order valence-electron chi connectivity index (χ1n) is 19.3. The highest BCUT2D eigenvalue weighted by atomic mass is 33.1. The van der Waals surface area contributed by atoms with Crippen LogP contribution in [0.2, 0.25) is 0 Å². The molecule has 3 heterocycles. The van der Waals surface area contributed by atoms with Gasteiger partial charge >= 0.3 is 5.97 Å². The Morgan fingerprint density at radius 3 is 2.26 bits per heavy atom. The number of para-hydroxylation sites is 1. The summed E-state index contributed by atoms with van der Waals surface area (Å²) < 4.78 is 0. The van der Waals surface area contributed by atoms with E-state index in [2.05, 4.69) is 36.6 Å². The number of fused-ring (bicyclic) bond motifs is 2. The van der Waals surface area contributed by atoms with Gasteiger partial charge in [-0.25, -0.2) is 0 Å². The van der Waals surface area contributed by atoms with Crippen molar-refractivity contribution in [2.45, 2.75) is 88.5 Å². The normalized spacial score (nSPS) is 22.5. The number of carboxylic acids is 2. The summed E-state index contributed by atoms with van der Waals surface area (Å²) in [6.07, 6.45) is 2.48. The fourth-order valence-electron chi connectivity index (χ4n) is 6.39. The van der Waals surface area contributed by atoms with Gasteiger partial charge in [0.1, 0.15) is 30.2 Å². The number of aromatic amines is 1. The van der Waals surface area contributed by atoms with Crippen molar-refractivity contribution in [3.05, 3.63) is 36.0 Å². The van der Waals surface area contributed by atoms with Crippen LogP contribution in [0.15, 0.2) is 35.5 Å². The van der Waals surface area contributed by atoms with E-state index in [-0.39, 0.29) is 56.2 Å². The molecule has 2 aromatic rings. The number of H-pyrrole nitrogens is 1. The standard InChI is InChI=1S/C35H49N11O9S2.C2H4O2/c36-30(51)25-18-57-56-13-10-27(47)42-22(8-3-4-11-39-35(37)38)31(52)41-17-28(48)43-23(15-29(49)50)32(53)44-24(14-19-16-40-21-7-2-1-6-20(19)21)34(55)46-12-5-9-26(46)33(54)45-25;1-2(3)4/h1-2,6-7,16,22-26,40H,3-5,8-15,17-18H2,(H2,36,51)(H,41,52)(H,42,47)(H,43,48)(H,44,53)(H,45,54)(H,49,50)(H4,37,38,39);1H3,(H,3,4)/t22-,23-,24-,25-,26-;/m0./s1. The molecule has 0 aliphatic carbocycles. The topological polar surface area (TPSA) is 364 Å². The van der Waals surface area contributed by atoms with Gasteiger partial charge < -0.3 is 63.9 Å². The Hall–Kier alpha value is -6.04. The first kappa shape index (κ1) is 49.3. The fraction of sp³-hybridized carbons (Fsp3) is 0.514. The highest BCUT2D eigenvalue weighted by Crippen LogP contribution is 2.25. The second kappa shape index (κ2) is 24.9. The number of hydrogen-bond donors (Lipinski definition) is 11. The van der Waals surface area contributed by atoms with Crippen molar-refractivity contribution in [3.8, 4) is 0 Å². The number of benzene rings is 1. The molecule has 2 aliphatic heterocycles. The largest absolute Gasteiger partial charge is 0.481 e. The Balaban J connectivity index is 0.00000237. The zero-order chi connectivity index (χ0) is 45.1. The number of nitrogens with one attached hydrogen (secondary N) is 6. The lowest BCUT2D eigenvalue weighted by molar-refractivity contribution is -0.143. The predicted molar refractivity (Wildman–Crippen MR) is 226 cm³/mol. The predicted octanol–water partition coefficient (Wildman–Crippen LogP) is -1.96. The molecule has 7 amide bonds. The van der Waals surface area contributed by atoms with Gasteiger partial charge in [-0.15, -0.1) is 0 Å². The van der Waals surface area contributed by atoms with Crippen molar-refractivity contribution in [1.29, 1.82) is 0 Å². The zero-order valence-corrected chi connectivity index (χ0v) is 35.1. The molecule has 334 valence electrons. The Bertz CT molecular complexity index is 1940. The van der Waals surface area contributed by atoms with Gasteiger partial charge in [0.15, 0.2) is 5.96 Å². The van der Waals surface area contributed by atoms with Crippen molar-refractivity contribution < 1.29 is 53.4 Å². The minimum absolute atomic E-state index is 0.0195. The van der Waals surface area contributed by atoms with Crippen LogP contribution in [0, 0.1) is 0 Å². The average molecular weight is 892 g/mol. The van der Waals surface area contributed by atoms with Crippen LogP contribution >= 0.6 is 21.6 Å². The molecule has 1 aromatic heterocycles. The van der Waals surface area contributed by atoms with E-state index in [4.69, 9.17) is 27.1 Å². The lowest BCUT2D eigenvalue weighted by Gasteiger charge is -2.30. The van der Waals surface area contributed by atoms with Crippen LogP contribution in [0.4, 0.5) is 0 Å². The van der Waals surface area contributed by atoms with E-state index in [9.17, 15) is 43.5 Å². The van der Waals surface area contributed by atoms with Crippen molar-refractivity contribution in [2.75, 3.05) is 31.1 Å². The molecule has 14 N–H and O–H groups in total. The molecule has 2 saturated heterocycles. The summed E-state index contributed by atoms with van der Waals surface area (Å²) in [4.78, 5) is 123. The number of hydrogen-bond acceptors (Lipinski definition) is 12. The smallest absolute Gasteiger partial charge is 0.305 e. The summed E-state index contributed by atoms with van der Waals surface area (Å²) in [6, 6.07) is 1.07. The highest BCUT2D eigenvalue weighted by molar-refractivity contribution is 8.76. The van der Waals surface area contributed by atoms with Gasteiger partial charge in [0.25, 0.3) is 5.97 Å². The minimum atomic E-state index is -1.68. The van der Waals surface area contributed by atoms with Crippen LogP contribution < -0.4 is 43.8 Å². The third-order valence-electron chi connectivity index (χ3n) is 9.24. The van der Waals surface area contributed by atoms with Gasteiger partial charge in [0.2, 0.25) is 41.4 Å². The Morgan fingerprint density at radius 2 is 1.57 bits per heavy atom. The van der Waals surface area contributed by atoms with E-state index in [0.717, 1.165) is 17.8 Å². The third-order valence-corrected chi connectivity index (χ3v) is 11.7. The van der Waals surface area contributed by atoms with E-state index in [0.29, 0.717) is 24.8 Å². The number of carbonyl (C=O) groups excluding carboxylic acids is 7. The summed E-state index contributed by atoms with van der Waals surface area (Å²) in [5.41, 5.74) is 17.8. The van der Waals surface area contributed by atoms with Gasteiger partial charge in [-0.2, -0.15) is 0 Å². The lowest BCUT2D eigenvalue weighted by Crippen LogP contribution is -2.59. The van der Waals surface area contributed by atoms with Gasteiger partial charge in [-0.05, 0) is 43.7 Å². The summed E-state index contributed by atoms with van der Waals surface area (Å²) in [5.74, 6) is -7.18. The molecule has 22 nitrogen and oxygen atoms in total. The number of aromatic nitrogens is 1. The molecular formula is C37H53N11O11S2. The lowest BCUT2D eigenvalue weighted by atomic mass is 10.0. The SMILES string of the molecule is CC(=O)O.NC(=O)[C@@H]1CSSCCC(=O)N[C@@H](CCCCN=C(N)N)C(=O)NCC(=O)N[C@@H](CC(=O)O)C(=O)N[C@@H](Cc2c[nH]c3ccccc23)C(=O)N2CCC[C@H]2C(=O)N1. The number of primary amides is 1. The van der Waals surface area contributed by atoms with Crippen molar-refractivity contribution in [3.63, 3.8) is 0 Å². The second-order valence-electron chi connectivity index (χ2n) is 14.0. The summed E-state index contributed by atoms with van der Waals surface area (Å²) in [6.45, 7) is 0.851. The van der Waals surface area contributed by atoms with Gasteiger partial charge in [-0.1, -0.05) is 39.8 Å². The van der Waals surface area contributed by atoms with Crippen LogP contribution in [0.1, 0.15) is 57.4 Å². The van der Waals surface area contributed by atoms with Gasteiger partial charge in [0.05, 0.1) is 13.0 Å². The maximum Gasteiger partial charge on any atom is 0.305 e. The number of carboxylic acid groups (broad SMARTS) is 2. The number of nitrogens with zero attached hydrogens (tertiary/aromatic N) is 2. The molecule has 2 fully saturated rings. The molecule has 61 heavy (non-hydrogen) atoms. The average Bonchev–Trinajstić information content (AvgIpc) is 3.85.